The highest BCUT2D eigenvalue weighted by molar-refractivity contribution is 7.16. The monoisotopic (exact) mass is 322 g/mol. The van der Waals surface area contributed by atoms with Crippen LogP contribution in [0.1, 0.15) is 10.4 Å². The largest absolute Gasteiger partial charge is 0.378 e. The number of halogens is 2. The predicted octanol–water partition coefficient (Wildman–Crippen LogP) is 5.52. The van der Waals surface area contributed by atoms with Crippen LogP contribution in [0.15, 0.2) is 36.5 Å². The zero-order chi connectivity index (χ0) is 14.1. The maximum atomic E-state index is 6.37. The van der Waals surface area contributed by atoms with Crippen LogP contribution in [0.3, 0.4) is 0 Å². The fourth-order valence-corrected chi connectivity index (χ4v) is 3.54. The van der Waals surface area contributed by atoms with E-state index in [4.69, 9.17) is 23.2 Å². The zero-order valence-electron chi connectivity index (χ0n) is 10.8. The third-order valence-electron chi connectivity index (χ3n) is 3.10. The molecular weight excluding hydrogens is 311 g/mol. The first kappa shape index (κ1) is 13.7. The summed E-state index contributed by atoms with van der Waals surface area (Å²) in [5.41, 5.74) is 2.98. The van der Waals surface area contributed by atoms with E-state index in [1.54, 1.807) is 17.5 Å². The van der Waals surface area contributed by atoms with E-state index in [1.807, 2.05) is 37.3 Å². The van der Waals surface area contributed by atoms with Crippen molar-refractivity contribution in [3.05, 3.63) is 56.3 Å². The number of aryl methyl sites for hydroxylation is 1. The summed E-state index contributed by atoms with van der Waals surface area (Å²) in [4.78, 5) is 5.59. The Labute approximate surface area is 131 Å². The van der Waals surface area contributed by atoms with E-state index in [0.29, 0.717) is 11.6 Å². The molecule has 102 valence electrons. The average Bonchev–Trinajstić information content (AvgIpc) is 2.84. The predicted molar refractivity (Wildman–Crippen MR) is 88.1 cm³/mol. The van der Waals surface area contributed by atoms with Crippen molar-refractivity contribution in [2.45, 2.75) is 13.5 Å². The van der Waals surface area contributed by atoms with Crippen molar-refractivity contribution in [3.8, 4) is 0 Å². The highest BCUT2D eigenvalue weighted by Gasteiger charge is 2.10. The molecule has 0 saturated carbocycles. The molecule has 3 aromatic rings. The molecule has 0 atom stereocenters. The van der Waals surface area contributed by atoms with Crippen molar-refractivity contribution in [3.63, 3.8) is 0 Å². The van der Waals surface area contributed by atoms with E-state index in [1.165, 1.54) is 4.88 Å². The topological polar surface area (TPSA) is 24.9 Å². The number of nitrogens with zero attached hydrogens (tertiary/aromatic N) is 1. The Morgan fingerprint density at radius 1 is 1.25 bits per heavy atom. The average molecular weight is 323 g/mol. The van der Waals surface area contributed by atoms with Crippen LogP contribution in [0.2, 0.25) is 9.36 Å². The molecule has 0 saturated heterocycles. The summed E-state index contributed by atoms with van der Waals surface area (Å²) in [5, 5.41) is 5.15. The fourth-order valence-electron chi connectivity index (χ4n) is 2.18. The van der Waals surface area contributed by atoms with Crippen LogP contribution < -0.4 is 5.32 Å². The first-order valence-electron chi connectivity index (χ1n) is 6.17. The van der Waals surface area contributed by atoms with E-state index in [0.717, 1.165) is 26.5 Å². The van der Waals surface area contributed by atoms with E-state index in [9.17, 15) is 0 Å². The number of aromatic nitrogens is 1. The van der Waals surface area contributed by atoms with Crippen LogP contribution >= 0.6 is 34.5 Å². The van der Waals surface area contributed by atoms with E-state index < -0.39 is 0 Å². The Kier molecular flexibility index (Phi) is 3.83. The zero-order valence-corrected chi connectivity index (χ0v) is 13.1. The number of benzene rings is 1. The smallest absolute Gasteiger partial charge is 0.0931 e. The van der Waals surface area contributed by atoms with Gasteiger partial charge in [-0.25, -0.2) is 0 Å². The van der Waals surface area contributed by atoms with Crippen LogP contribution in [0.4, 0.5) is 5.69 Å². The van der Waals surface area contributed by atoms with Crippen LogP contribution in [-0.2, 0) is 6.54 Å². The lowest BCUT2D eigenvalue weighted by Gasteiger charge is -2.12. The van der Waals surface area contributed by atoms with Crippen molar-refractivity contribution in [1.29, 1.82) is 0 Å². The molecule has 2 heterocycles. The van der Waals surface area contributed by atoms with Crippen LogP contribution in [0.5, 0.6) is 0 Å². The number of pyridine rings is 1. The lowest BCUT2D eigenvalue weighted by molar-refractivity contribution is 1.20. The third-order valence-corrected chi connectivity index (χ3v) is 4.63. The molecule has 0 aliphatic heterocycles. The Morgan fingerprint density at radius 2 is 2.10 bits per heavy atom. The lowest BCUT2D eigenvalue weighted by atomic mass is 10.1. The second-order valence-corrected chi connectivity index (χ2v) is 6.72. The number of anilines is 1. The molecule has 0 spiro atoms. The Bertz CT molecular complexity index is 768. The van der Waals surface area contributed by atoms with Gasteiger partial charge in [-0.05, 0) is 42.8 Å². The van der Waals surface area contributed by atoms with Crippen LogP contribution in [-0.4, -0.2) is 4.98 Å². The standard InChI is InChI=1S/C15H12Cl2N2S/c1-9-7-12(16)15(11-3-2-6-18-14(9)11)19-8-10-4-5-13(17)20-10/h2-7,19H,8H2,1H3. The minimum atomic E-state index is 0.699. The van der Waals surface area contributed by atoms with Gasteiger partial charge in [0, 0.05) is 23.0 Å². The molecule has 0 aliphatic rings. The van der Waals surface area contributed by atoms with Crippen molar-refractivity contribution < 1.29 is 0 Å². The summed E-state index contributed by atoms with van der Waals surface area (Å²) in [7, 11) is 0. The molecule has 0 aliphatic carbocycles. The van der Waals surface area contributed by atoms with Gasteiger partial charge < -0.3 is 5.32 Å². The van der Waals surface area contributed by atoms with Crippen LogP contribution in [0, 0.1) is 6.92 Å². The minimum absolute atomic E-state index is 0.699. The van der Waals surface area contributed by atoms with Gasteiger partial charge >= 0.3 is 0 Å². The van der Waals surface area contributed by atoms with Crippen LogP contribution in [0.25, 0.3) is 10.9 Å². The molecule has 0 fully saturated rings. The molecule has 0 unspecified atom stereocenters. The van der Waals surface area contributed by atoms with Gasteiger partial charge in [-0.15, -0.1) is 11.3 Å². The highest BCUT2D eigenvalue weighted by atomic mass is 35.5. The molecular formula is C15H12Cl2N2S. The Morgan fingerprint density at radius 3 is 2.85 bits per heavy atom. The maximum absolute atomic E-state index is 6.37. The van der Waals surface area contributed by atoms with E-state index >= 15 is 0 Å². The quantitative estimate of drug-likeness (QED) is 0.686. The summed E-state index contributed by atoms with van der Waals surface area (Å²) >= 11 is 13.9. The molecule has 0 amide bonds. The minimum Gasteiger partial charge on any atom is -0.378 e. The van der Waals surface area contributed by atoms with Gasteiger partial charge in [0.2, 0.25) is 0 Å². The number of thiophene rings is 1. The summed E-state index contributed by atoms with van der Waals surface area (Å²) in [6, 6.07) is 9.82. The van der Waals surface area contributed by atoms with Gasteiger partial charge in [0.15, 0.2) is 0 Å². The van der Waals surface area contributed by atoms with Gasteiger partial charge in [-0.2, -0.15) is 0 Å². The van der Waals surface area contributed by atoms with Gasteiger partial charge in [0.05, 0.1) is 20.6 Å². The number of hydrogen-bond acceptors (Lipinski definition) is 3. The van der Waals surface area contributed by atoms with E-state index in [-0.39, 0.29) is 0 Å². The first-order valence-corrected chi connectivity index (χ1v) is 7.74. The Balaban J connectivity index is 1.98. The molecule has 1 aromatic carbocycles. The fraction of sp³-hybridized carbons (Fsp3) is 0.133. The summed E-state index contributed by atoms with van der Waals surface area (Å²) < 4.78 is 0.795. The highest BCUT2D eigenvalue weighted by Crippen LogP contribution is 2.33. The SMILES string of the molecule is Cc1cc(Cl)c(NCc2ccc(Cl)s2)c2cccnc12. The number of nitrogens with one attached hydrogen (secondary N) is 1. The maximum Gasteiger partial charge on any atom is 0.0931 e. The van der Waals surface area contributed by atoms with Gasteiger partial charge in [-0.3, -0.25) is 4.98 Å². The van der Waals surface area contributed by atoms with Crippen molar-refractivity contribution >= 4 is 51.1 Å². The molecule has 2 nitrogen and oxygen atoms in total. The van der Waals surface area contributed by atoms with Gasteiger partial charge in [0.1, 0.15) is 0 Å². The molecule has 2 aromatic heterocycles. The summed E-state index contributed by atoms with van der Waals surface area (Å²) in [5.74, 6) is 0. The summed E-state index contributed by atoms with van der Waals surface area (Å²) in [6.45, 7) is 2.72. The van der Waals surface area contributed by atoms with Crippen molar-refractivity contribution in [2.75, 3.05) is 5.32 Å². The number of hydrogen-bond donors (Lipinski definition) is 1. The van der Waals surface area contributed by atoms with E-state index in [2.05, 4.69) is 10.3 Å². The molecule has 0 bridgehead atoms. The van der Waals surface area contributed by atoms with Crippen molar-refractivity contribution in [2.24, 2.45) is 0 Å². The molecule has 0 radical (unpaired) electrons. The number of fused-ring (bicyclic) bond motifs is 1. The normalized spacial score (nSPS) is 10.9. The number of rotatable bonds is 3. The molecule has 20 heavy (non-hydrogen) atoms. The van der Waals surface area contributed by atoms with Crippen molar-refractivity contribution in [1.82, 2.24) is 4.98 Å². The lowest BCUT2D eigenvalue weighted by Crippen LogP contribution is -2.00. The second-order valence-electron chi connectivity index (χ2n) is 4.51. The first-order chi connectivity index (χ1) is 9.65. The molecule has 1 N–H and O–H groups in total. The Hall–Kier alpha value is -1.29. The third kappa shape index (κ3) is 2.62. The molecule has 3 rings (SSSR count). The molecule has 5 heteroatoms. The second kappa shape index (κ2) is 5.60. The summed E-state index contributed by atoms with van der Waals surface area (Å²) in [6.07, 6.45) is 1.80. The van der Waals surface area contributed by atoms with Gasteiger partial charge in [-0.1, -0.05) is 23.2 Å². The van der Waals surface area contributed by atoms with Gasteiger partial charge in [0.25, 0.3) is 0 Å².